The summed E-state index contributed by atoms with van der Waals surface area (Å²) in [5.41, 5.74) is 0.920. The maximum absolute atomic E-state index is 11.6. The minimum Gasteiger partial charge on any atom is -0.464 e. The molecule has 7 heteroatoms. The average Bonchev–Trinajstić information content (AvgIpc) is 2.69. The Bertz CT molecular complexity index is 598. The van der Waals surface area contributed by atoms with Gasteiger partial charge in [0.25, 0.3) is 0 Å². The Balaban J connectivity index is 1.47. The van der Waals surface area contributed by atoms with Gasteiger partial charge in [0.15, 0.2) is 0 Å². The van der Waals surface area contributed by atoms with E-state index < -0.39 is 12.1 Å². The monoisotopic (exact) mass is 377 g/mol. The van der Waals surface area contributed by atoms with Gasteiger partial charge < -0.3 is 19.5 Å². The van der Waals surface area contributed by atoms with Crippen molar-refractivity contribution in [3.8, 4) is 0 Å². The Hall–Kier alpha value is -2.57. The van der Waals surface area contributed by atoms with E-state index in [-0.39, 0.29) is 38.3 Å². The van der Waals surface area contributed by atoms with Crippen LogP contribution in [0.4, 0.5) is 4.79 Å². The normalized spacial score (nSPS) is 14.2. The molecule has 2 rings (SSSR count). The first-order valence-corrected chi connectivity index (χ1v) is 9.43. The molecular formula is C20H27NO6. The molecule has 1 aromatic rings. The first kappa shape index (κ1) is 20.7. The number of carbonyl (C=O) groups excluding carboxylic acids is 3. The van der Waals surface area contributed by atoms with E-state index in [2.05, 4.69) is 5.32 Å². The van der Waals surface area contributed by atoms with Crippen LogP contribution in [0.5, 0.6) is 0 Å². The molecule has 7 nitrogen and oxygen atoms in total. The van der Waals surface area contributed by atoms with Crippen LogP contribution in [0.15, 0.2) is 30.3 Å². The molecule has 0 saturated heterocycles. The number of ether oxygens (including phenoxy) is 3. The maximum Gasteiger partial charge on any atom is 0.407 e. The van der Waals surface area contributed by atoms with E-state index in [1.807, 2.05) is 30.3 Å². The number of amides is 1. The first-order valence-electron chi connectivity index (χ1n) is 9.43. The molecule has 27 heavy (non-hydrogen) atoms. The van der Waals surface area contributed by atoms with E-state index in [1.165, 1.54) is 6.42 Å². The standard InChI is InChI=1S/C20H27NO6/c22-18(26-15-16-8-3-1-4-9-16)12-7-13-25-19(23)14-21-20(24)27-17-10-5-2-6-11-17/h1,3-4,8-9,17H,2,5-7,10-15H2,(H,21,24). The van der Waals surface area contributed by atoms with Crippen molar-refractivity contribution >= 4 is 18.0 Å². The maximum atomic E-state index is 11.6. The Labute approximate surface area is 159 Å². The molecule has 1 saturated carbocycles. The van der Waals surface area contributed by atoms with Crippen molar-refractivity contribution < 1.29 is 28.6 Å². The Morgan fingerprint density at radius 1 is 0.963 bits per heavy atom. The Morgan fingerprint density at radius 2 is 1.70 bits per heavy atom. The predicted molar refractivity (Wildman–Crippen MR) is 97.8 cm³/mol. The molecule has 0 unspecified atom stereocenters. The van der Waals surface area contributed by atoms with E-state index >= 15 is 0 Å². The lowest BCUT2D eigenvalue weighted by Crippen LogP contribution is -2.34. The largest absolute Gasteiger partial charge is 0.464 e. The van der Waals surface area contributed by atoms with Gasteiger partial charge in [0.2, 0.25) is 0 Å². The van der Waals surface area contributed by atoms with E-state index in [9.17, 15) is 14.4 Å². The van der Waals surface area contributed by atoms with Crippen LogP contribution in [0.1, 0.15) is 50.5 Å². The summed E-state index contributed by atoms with van der Waals surface area (Å²) < 4.78 is 15.4. The highest BCUT2D eigenvalue weighted by Gasteiger charge is 2.18. The number of rotatable bonds is 9. The van der Waals surface area contributed by atoms with Crippen molar-refractivity contribution in [2.75, 3.05) is 13.2 Å². The van der Waals surface area contributed by atoms with Crippen LogP contribution in [0.25, 0.3) is 0 Å². The van der Waals surface area contributed by atoms with Crippen molar-refractivity contribution in [2.45, 2.75) is 57.7 Å². The highest BCUT2D eigenvalue weighted by molar-refractivity contribution is 5.78. The lowest BCUT2D eigenvalue weighted by atomic mass is 9.98. The fraction of sp³-hybridized carbons (Fsp3) is 0.550. The van der Waals surface area contributed by atoms with Gasteiger partial charge in [-0.15, -0.1) is 0 Å². The molecular weight excluding hydrogens is 350 g/mol. The summed E-state index contributed by atoms with van der Waals surface area (Å²) in [5, 5.41) is 2.39. The van der Waals surface area contributed by atoms with E-state index in [0.29, 0.717) is 6.42 Å². The predicted octanol–water partition coefficient (Wildman–Crippen LogP) is 3.11. The number of alkyl carbamates (subject to hydrolysis) is 1. The van der Waals surface area contributed by atoms with Gasteiger partial charge in [-0.05, 0) is 37.7 Å². The number of benzene rings is 1. The summed E-state index contributed by atoms with van der Waals surface area (Å²) in [6.45, 7) is 0.0785. The van der Waals surface area contributed by atoms with E-state index in [0.717, 1.165) is 31.2 Å². The van der Waals surface area contributed by atoms with Crippen LogP contribution in [0, 0.1) is 0 Å². The van der Waals surface area contributed by atoms with Crippen LogP contribution in [0.2, 0.25) is 0 Å². The summed E-state index contributed by atoms with van der Waals surface area (Å²) in [7, 11) is 0. The van der Waals surface area contributed by atoms with Crippen molar-refractivity contribution in [3.63, 3.8) is 0 Å². The van der Waals surface area contributed by atoms with Gasteiger partial charge >= 0.3 is 18.0 Å². The van der Waals surface area contributed by atoms with E-state index in [4.69, 9.17) is 14.2 Å². The molecule has 1 N–H and O–H groups in total. The smallest absolute Gasteiger partial charge is 0.407 e. The molecule has 1 amide bonds. The highest BCUT2D eigenvalue weighted by atomic mass is 16.6. The lowest BCUT2D eigenvalue weighted by molar-refractivity contribution is -0.147. The third kappa shape index (κ3) is 9.08. The topological polar surface area (TPSA) is 90.9 Å². The van der Waals surface area contributed by atoms with Crippen LogP contribution < -0.4 is 5.32 Å². The van der Waals surface area contributed by atoms with Gasteiger partial charge in [0.05, 0.1) is 6.61 Å². The first-order chi connectivity index (χ1) is 13.1. The lowest BCUT2D eigenvalue weighted by Gasteiger charge is -2.21. The quantitative estimate of drug-likeness (QED) is 0.404. The summed E-state index contributed by atoms with van der Waals surface area (Å²) in [6.07, 6.45) is 4.93. The molecule has 0 aromatic heterocycles. The molecule has 0 heterocycles. The van der Waals surface area contributed by atoms with Crippen molar-refractivity contribution in [1.29, 1.82) is 0 Å². The third-order valence-corrected chi connectivity index (χ3v) is 4.23. The number of carbonyl (C=O) groups is 3. The van der Waals surface area contributed by atoms with Gasteiger partial charge in [-0.25, -0.2) is 4.79 Å². The summed E-state index contributed by atoms with van der Waals surface area (Å²) in [4.78, 5) is 34.8. The van der Waals surface area contributed by atoms with Gasteiger partial charge in [-0.2, -0.15) is 0 Å². The second-order valence-electron chi connectivity index (χ2n) is 6.49. The van der Waals surface area contributed by atoms with Gasteiger partial charge in [0, 0.05) is 6.42 Å². The molecule has 0 spiro atoms. The zero-order valence-corrected chi connectivity index (χ0v) is 15.5. The zero-order chi connectivity index (χ0) is 19.3. The summed E-state index contributed by atoms with van der Waals surface area (Å²) in [5.74, 6) is -0.905. The number of hydrogen-bond acceptors (Lipinski definition) is 6. The second-order valence-corrected chi connectivity index (χ2v) is 6.49. The van der Waals surface area contributed by atoms with Crippen LogP contribution >= 0.6 is 0 Å². The highest BCUT2D eigenvalue weighted by Crippen LogP contribution is 2.20. The van der Waals surface area contributed by atoms with Crippen LogP contribution in [0.3, 0.4) is 0 Å². The minimum atomic E-state index is -0.594. The molecule has 0 atom stereocenters. The van der Waals surface area contributed by atoms with Crippen LogP contribution in [-0.2, 0) is 30.4 Å². The van der Waals surface area contributed by atoms with Crippen molar-refractivity contribution in [3.05, 3.63) is 35.9 Å². The van der Waals surface area contributed by atoms with Crippen molar-refractivity contribution in [2.24, 2.45) is 0 Å². The fourth-order valence-electron chi connectivity index (χ4n) is 2.78. The second kappa shape index (κ2) is 11.9. The fourth-order valence-corrected chi connectivity index (χ4v) is 2.78. The van der Waals surface area contributed by atoms with E-state index in [1.54, 1.807) is 0 Å². The SMILES string of the molecule is O=C(CCCOC(=O)CNC(=O)OC1CCCCC1)OCc1ccccc1. The summed E-state index contributed by atoms with van der Waals surface area (Å²) in [6, 6.07) is 9.40. The third-order valence-electron chi connectivity index (χ3n) is 4.23. The number of esters is 2. The zero-order valence-electron chi connectivity index (χ0n) is 15.5. The van der Waals surface area contributed by atoms with Crippen molar-refractivity contribution in [1.82, 2.24) is 5.32 Å². The molecule has 1 fully saturated rings. The van der Waals surface area contributed by atoms with Gasteiger partial charge in [-0.3, -0.25) is 9.59 Å². The minimum absolute atomic E-state index is 0.0586. The Kier molecular flexibility index (Phi) is 9.17. The average molecular weight is 377 g/mol. The molecule has 1 aromatic carbocycles. The molecule has 1 aliphatic carbocycles. The molecule has 148 valence electrons. The van der Waals surface area contributed by atoms with Gasteiger partial charge in [-0.1, -0.05) is 36.8 Å². The molecule has 1 aliphatic rings. The van der Waals surface area contributed by atoms with Crippen LogP contribution in [-0.4, -0.2) is 37.3 Å². The van der Waals surface area contributed by atoms with Gasteiger partial charge in [0.1, 0.15) is 19.3 Å². The Morgan fingerprint density at radius 3 is 2.44 bits per heavy atom. The molecule has 0 radical (unpaired) electrons. The number of nitrogens with one attached hydrogen (secondary N) is 1. The number of hydrogen-bond donors (Lipinski definition) is 1. The molecule has 0 aliphatic heterocycles. The summed E-state index contributed by atoms with van der Waals surface area (Å²) >= 11 is 0. The molecule has 0 bridgehead atoms.